The normalized spacial score (nSPS) is 12.0. The van der Waals surface area contributed by atoms with Crippen LogP contribution in [0, 0.1) is 3.57 Å². The van der Waals surface area contributed by atoms with Crippen molar-refractivity contribution in [2.45, 2.75) is 12.8 Å². The summed E-state index contributed by atoms with van der Waals surface area (Å²) < 4.78 is 23.0. The molecule has 0 spiro atoms. The van der Waals surface area contributed by atoms with Gasteiger partial charge in [-0.15, -0.1) is 0 Å². The van der Waals surface area contributed by atoms with Crippen LogP contribution in [0.1, 0.15) is 32.1 Å². The van der Waals surface area contributed by atoms with Crippen molar-refractivity contribution in [3.05, 3.63) is 124 Å². The molecule has 15 heteroatoms. The molecule has 0 amide bonds. The fraction of sp³-hybridized carbons (Fsp3) is 0.167. The van der Waals surface area contributed by atoms with E-state index in [9.17, 15) is 9.59 Å². The van der Waals surface area contributed by atoms with Crippen molar-refractivity contribution in [1.82, 2.24) is 29.5 Å². The highest BCUT2D eigenvalue weighted by Gasteiger charge is 2.14. The van der Waals surface area contributed by atoms with Crippen LogP contribution in [-0.4, -0.2) is 68.9 Å². The molecule has 14 nitrogen and oxygen atoms in total. The van der Waals surface area contributed by atoms with Crippen molar-refractivity contribution < 1.29 is 28.5 Å². The van der Waals surface area contributed by atoms with Crippen LogP contribution in [0.3, 0.4) is 0 Å². The number of halogens is 1. The Balaban J connectivity index is 0.000000148. The number of ether oxygens (including phenoxy) is 4. The summed E-state index contributed by atoms with van der Waals surface area (Å²) in [5.41, 5.74) is 5.94. The number of carbonyl (C=O) groups excluding carboxylic acids is 2. The molecule has 260 valence electrons. The predicted molar refractivity (Wildman–Crippen MR) is 197 cm³/mol. The Morgan fingerprint density at radius 1 is 0.804 bits per heavy atom. The standard InChI is InChI=1S/C18H16N4O3.C13H11IN2O.C5H6N2O2/c1-24-18(23)15-10-22(11-20-15)14-4-6-19-17(9-14)21-13-2-3-16-12(8-13)5-7-25-16;14-10-3-5-15-13(8-10)16-11-1-2-12-9(7-11)4-6-17-12;1-9-5(8)4-2-6-3-7-4/h2-4,6,8-11H,5,7H2,1H3,(H,19,21);1-3,5,7-8H,4,6H2,(H,15,16);2-3H,1H3,(H,6,7). The van der Waals surface area contributed by atoms with E-state index in [2.05, 4.69) is 79.8 Å². The van der Waals surface area contributed by atoms with Gasteiger partial charge in [-0.1, -0.05) is 0 Å². The molecule has 0 saturated heterocycles. The van der Waals surface area contributed by atoms with Crippen molar-refractivity contribution in [2.75, 3.05) is 38.1 Å². The van der Waals surface area contributed by atoms with Gasteiger partial charge in [-0.3, -0.25) is 0 Å². The first-order valence-corrected chi connectivity index (χ1v) is 16.8. The second kappa shape index (κ2) is 16.6. The number of rotatable bonds is 7. The van der Waals surface area contributed by atoms with Crippen LogP contribution in [-0.2, 0) is 22.3 Å². The molecule has 0 unspecified atom stereocenters. The number of carbonyl (C=O) groups is 2. The van der Waals surface area contributed by atoms with Crippen LogP contribution in [0.4, 0.5) is 23.0 Å². The van der Waals surface area contributed by atoms with Crippen LogP contribution < -0.4 is 20.1 Å². The lowest BCUT2D eigenvalue weighted by atomic mass is 10.1. The van der Waals surface area contributed by atoms with E-state index in [1.54, 1.807) is 29.5 Å². The first kappa shape index (κ1) is 34.9. The number of nitrogens with zero attached hydrogens (tertiary/aromatic N) is 5. The van der Waals surface area contributed by atoms with Crippen LogP contribution in [0.15, 0.2) is 98.1 Å². The van der Waals surface area contributed by atoms with E-state index in [-0.39, 0.29) is 5.69 Å². The van der Waals surface area contributed by atoms with Gasteiger partial charge in [-0.2, -0.15) is 0 Å². The zero-order chi connectivity index (χ0) is 35.6. The zero-order valence-electron chi connectivity index (χ0n) is 27.6. The molecule has 8 rings (SSSR count). The zero-order valence-corrected chi connectivity index (χ0v) is 29.8. The maximum Gasteiger partial charge on any atom is 0.358 e. The number of hydrogen-bond acceptors (Lipinski definition) is 12. The Morgan fingerprint density at radius 2 is 1.43 bits per heavy atom. The molecule has 2 aliphatic rings. The van der Waals surface area contributed by atoms with E-state index >= 15 is 0 Å². The van der Waals surface area contributed by atoms with Gasteiger partial charge in [0.2, 0.25) is 0 Å². The molecule has 0 atom stereocenters. The van der Waals surface area contributed by atoms with Gasteiger partial charge in [-0.25, -0.2) is 29.5 Å². The first-order chi connectivity index (χ1) is 24.9. The lowest BCUT2D eigenvalue weighted by molar-refractivity contribution is 0.0586. The second-order valence-electron chi connectivity index (χ2n) is 11.0. The maximum atomic E-state index is 11.5. The number of aromatic nitrogens is 6. The van der Waals surface area contributed by atoms with Crippen molar-refractivity contribution in [3.8, 4) is 17.2 Å². The van der Waals surface area contributed by atoms with E-state index in [0.29, 0.717) is 11.5 Å². The number of H-pyrrole nitrogens is 1. The molecular weight excluding hydrogens is 767 g/mol. The largest absolute Gasteiger partial charge is 0.493 e. The molecule has 2 aromatic carbocycles. The highest BCUT2D eigenvalue weighted by atomic mass is 127. The third kappa shape index (κ3) is 9.18. The number of esters is 2. The highest BCUT2D eigenvalue weighted by molar-refractivity contribution is 14.1. The van der Waals surface area contributed by atoms with E-state index in [4.69, 9.17) is 9.47 Å². The summed E-state index contributed by atoms with van der Waals surface area (Å²) in [7, 11) is 2.65. The molecule has 0 aliphatic carbocycles. The molecule has 0 bridgehead atoms. The predicted octanol–water partition coefficient (Wildman–Crippen LogP) is 6.29. The number of imidazole rings is 2. The smallest absolute Gasteiger partial charge is 0.358 e. The number of benzene rings is 2. The third-order valence-electron chi connectivity index (χ3n) is 7.57. The number of fused-ring (bicyclic) bond motifs is 2. The van der Waals surface area contributed by atoms with E-state index in [1.807, 2.05) is 48.5 Å². The van der Waals surface area contributed by atoms with Gasteiger partial charge in [0, 0.05) is 52.4 Å². The fourth-order valence-electron chi connectivity index (χ4n) is 5.10. The van der Waals surface area contributed by atoms with Crippen molar-refractivity contribution in [2.24, 2.45) is 0 Å². The van der Waals surface area contributed by atoms with Crippen LogP contribution in [0.2, 0.25) is 0 Å². The monoisotopic (exact) mass is 800 g/mol. The van der Waals surface area contributed by atoms with E-state index in [0.717, 1.165) is 60.4 Å². The molecule has 2 aliphatic heterocycles. The molecule has 6 aromatic rings. The minimum absolute atomic E-state index is 0.257. The highest BCUT2D eigenvalue weighted by Crippen LogP contribution is 2.30. The van der Waals surface area contributed by atoms with E-state index < -0.39 is 11.9 Å². The minimum atomic E-state index is -0.466. The van der Waals surface area contributed by atoms with Crippen LogP contribution in [0.5, 0.6) is 11.5 Å². The molecule has 6 heterocycles. The van der Waals surface area contributed by atoms with Crippen molar-refractivity contribution >= 4 is 57.5 Å². The quantitative estimate of drug-likeness (QED) is 0.122. The molecule has 4 aromatic heterocycles. The van der Waals surface area contributed by atoms with Gasteiger partial charge in [0.25, 0.3) is 0 Å². The summed E-state index contributed by atoms with van der Waals surface area (Å²) in [5, 5.41) is 6.60. The van der Waals surface area contributed by atoms with E-state index in [1.165, 1.54) is 41.4 Å². The van der Waals surface area contributed by atoms with Crippen LogP contribution >= 0.6 is 22.6 Å². The molecule has 0 radical (unpaired) electrons. The first-order valence-electron chi connectivity index (χ1n) is 15.7. The van der Waals surface area contributed by atoms with Gasteiger partial charge in [0.05, 0.1) is 45.6 Å². The number of anilines is 4. The second-order valence-corrected chi connectivity index (χ2v) is 12.2. The average molecular weight is 801 g/mol. The lowest BCUT2D eigenvalue weighted by Gasteiger charge is -2.09. The SMILES string of the molecule is COC(=O)c1cn(-c2ccnc(Nc3ccc4c(c3)CCO4)c2)cn1.COC(=O)c1cnc[nH]1.Ic1ccnc(Nc2ccc3c(c2)CCO3)c1. The number of hydrogen-bond donors (Lipinski definition) is 3. The molecule has 3 N–H and O–H groups in total. The summed E-state index contributed by atoms with van der Waals surface area (Å²) in [6, 6.07) is 19.9. The van der Waals surface area contributed by atoms with Crippen molar-refractivity contribution in [1.29, 1.82) is 0 Å². The third-order valence-corrected chi connectivity index (χ3v) is 8.24. The minimum Gasteiger partial charge on any atom is -0.493 e. The Kier molecular flexibility index (Phi) is 11.4. The molecule has 0 fully saturated rings. The topological polar surface area (TPSA) is 167 Å². The summed E-state index contributed by atoms with van der Waals surface area (Å²) in [5.74, 6) is 2.66. The Labute approximate surface area is 306 Å². The number of nitrogens with one attached hydrogen (secondary N) is 3. The fourth-order valence-corrected chi connectivity index (χ4v) is 5.55. The Hall–Kier alpha value is -5.97. The lowest BCUT2D eigenvalue weighted by Crippen LogP contribution is -2.01. The van der Waals surface area contributed by atoms with Gasteiger partial charge in [0.1, 0.15) is 35.2 Å². The molecular formula is C36H33IN8O6. The Morgan fingerprint density at radius 3 is 2.02 bits per heavy atom. The molecule has 0 saturated carbocycles. The number of pyridine rings is 2. The number of aromatic amines is 1. The maximum absolute atomic E-state index is 11.5. The van der Waals surface area contributed by atoms with Gasteiger partial charge < -0.3 is 39.1 Å². The number of methoxy groups -OCH3 is 2. The Bertz CT molecular complexity index is 2120. The van der Waals surface area contributed by atoms with Gasteiger partial charge >= 0.3 is 11.9 Å². The van der Waals surface area contributed by atoms with Gasteiger partial charge in [-0.05, 0) is 88.3 Å². The average Bonchev–Trinajstić information content (AvgIpc) is 3.99. The van der Waals surface area contributed by atoms with Crippen molar-refractivity contribution in [3.63, 3.8) is 0 Å². The summed E-state index contributed by atoms with van der Waals surface area (Å²) in [4.78, 5) is 41.0. The summed E-state index contributed by atoms with van der Waals surface area (Å²) >= 11 is 2.28. The molecule has 51 heavy (non-hydrogen) atoms. The summed E-state index contributed by atoms with van der Waals surface area (Å²) in [6.45, 7) is 1.52. The van der Waals surface area contributed by atoms with Gasteiger partial charge in [0.15, 0.2) is 5.69 Å². The summed E-state index contributed by atoms with van der Waals surface area (Å²) in [6.07, 6.45) is 11.4. The van der Waals surface area contributed by atoms with Crippen LogP contribution in [0.25, 0.3) is 5.69 Å².